The Labute approximate surface area is 190 Å². The van der Waals surface area contributed by atoms with Crippen molar-refractivity contribution in [2.75, 3.05) is 11.9 Å². The van der Waals surface area contributed by atoms with E-state index in [1.165, 1.54) is 6.07 Å². The number of hydrogen-bond donors (Lipinski definition) is 3. The highest BCUT2D eigenvalue weighted by molar-refractivity contribution is 5.98. The normalized spacial score (nSPS) is 16.6. The number of nitrogens with one attached hydrogen (secondary N) is 2. The second-order valence-corrected chi connectivity index (χ2v) is 8.23. The van der Waals surface area contributed by atoms with Crippen molar-refractivity contribution >= 4 is 23.7 Å². The number of benzene rings is 3. The SMILES string of the molecule is O=C(NC1CCc2cc(C(=O)O)ccc2NC1=O)OCC1c2ccccc2-c2ccccc21. The Kier molecular flexibility index (Phi) is 5.30. The predicted molar refractivity (Wildman–Crippen MR) is 122 cm³/mol. The molecule has 0 spiro atoms. The van der Waals surface area contributed by atoms with Gasteiger partial charge >= 0.3 is 12.1 Å². The van der Waals surface area contributed by atoms with E-state index in [1.807, 2.05) is 36.4 Å². The minimum absolute atomic E-state index is 0.0650. The van der Waals surface area contributed by atoms with Crippen LogP contribution < -0.4 is 10.6 Å². The van der Waals surface area contributed by atoms with Crippen molar-refractivity contribution in [3.8, 4) is 11.1 Å². The van der Waals surface area contributed by atoms with Crippen molar-refractivity contribution in [3.63, 3.8) is 0 Å². The van der Waals surface area contributed by atoms with Gasteiger partial charge in [0.05, 0.1) is 5.56 Å². The Morgan fingerprint density at radius 2 is 1.67 bits per heavy atom. The largest absolute Gasteiger partial charge is 0.478 e. The van der Waals surface area contributed by atoms with Crippen LogP contribution in [-0.4, -0.2) is 35.7 Å². The molecular weight excluding hydrogens is 420 g/mol. The van der Waals surface area contributed by atoms with E-state index in [2.05, 4.69) is 22.8 Å². The number of anilines is 1. The van der Waals surface area contributed by atoms with Crippen LogP contribution in [0.4, 0.5) is 10.5 Å². The van der Waals surface area contributed by atoms with Crippen LogP contribution in [0.1, 0.15) is 39.4 Å². The lowest BCUT2D eigenvalue weighted by Gasteiger charge is -2.18. The van der Waals surface area contributed by atoms with E-state index in [0.29, 0.717) is 18.5 Å². The zero-order valence-corrected chi connectivity index (χ0v) is 17.7. The zero-order chi connectivity index (χ0) is 22.9. The molecular formula is C26H22N2O5. The van der Waals surface area contributed by atoms with Crippen LogP contribution in [-0.2, 0) is 16.0 Å². The van der Waals surface area contributed by atoms with Crippen LogP contribution in [0.15, 0.2) is 66.7 Å². The predicted octanol–water partition coefficient (Wildman–Crippen LogP) is 4.18. The van der Waals surface area contributed by atoms with Gasteiger partial charge in [-0.2, -0.15) is 0 Å². The van der Waals surface area contributed by atoms with Gasteiger partial charge in [-0.3, -0.25) is 4.79 Å². The summed E-state index contributed by atoms with van der Waals surface area (Å²) in [5, 5.41) is 14.6. The van der Waals surface area contributed by atoms with Crippen molar-refractivity contribution in [3.05, 3.63) is 89.0 Å². The van der Waals surface area contributed by atoms with E-state index in [9.17, 15) is 19.5 Å². The molecule has 1 aliphatic heterocycles. The molecule has 3 aromatic rings. The molecule has 0 saturated heterocycles. The summed E-state index contributed by atoms with van der Waals surface area (Å²) in [7, 11) is 0. The van der Waals surface area contributed by atoms with Gasteiger partial charge in [0.15, 0.2) is 0 Å². The maximum Gasteiger partial charge on any atom is 0.407 e. The van der Waals surface area contributed by atoms with E-state index >= 15 is 0 Å². The number of carbonyl (C=O) groups excluding carboxylic acids is 2. The third-order valence-corrected chi connectivity index (χ3v) is 6.26. The molecule has 7 heteroatoms. The fourth-order valence-electron chi connectivity index (χ4n) is 4.63. The molecule has 3 aromatic carbocycles. The maximum absolute atomic E-state index is 12.6. The Balaban J connectivity index is 1.25. The van der Waals surface area contributed by atoms with Crippen molar-refractivity contribution in [2.24, 2.45) is 0 Å². The quantitative estimate of drug-likeness (QED) is 0.562. The Bertz CT molecular complexity index is 1220. The van der Waals surface area contributed by atoms with E-state index < -0.39 is 18.1 Å². The highest BCUT2D eigenvalue weighted by Crippen LogP contribution is 2.44. The lowest BCUT2D eigenvalue weighted by Crippen LogP contribution is -2.43. The fourth-order valence-corrected chi connectivity index (χ4v) is 4.63. The summed E-state index contributed by atoms with van der Waals surface area (Å²) >= 11 is 0. The molecule has 2 amide bonds. The van der Waals surface area contributed by atoms with Gasteiger partial charge in [0.25, 0.3) is 0 Å². The molecule has 166 valence electrons. The van der Waals surface area contributed by atoms with Crippen LogP contribution in [0.3, 0.4) is 0 Å². The fraction of sp³-hybridized carbons (Fsp3) is 0.192. The molecule has 0 bridgehead atoms. The molecule has 5 rings (SSSR count). The molecule has 0 saturated carbocycles. The number of carboxylic acid groups (broad SMARTS) is 1. The van der Waals surface area contributed by atoms with E-state index in [-0.39, 0.29) is 24.0 Å². The van der Waals surface area contributed by atoms with Crippen molar-refractivity contribution in [1.82, 2.24) is 5.32 Å². The van der Waals surface area contributed by atoms with Crippen LogP contribution in [0.25, 0.3) is 11.1 Å². The number of fused-ring (bicyclic) bond motifs is 4. The maximum atomic E-state index is 12.6. The zero-order valence-electron chi connectivity index (χ0n) is 17.7. The number of aromatic carboxylic acids is 1. The second-order valence-electron chi connectivity index (χ2n) is 8.23. The Morgan fingerprint density at radius 3 is 2.33 bits per heavy atom. The van der Waals surface area contributed by atoms with Gasteiger partial charge in [0, 0.05) is 11.6 Å². The Hall–Kier alpha value is -4.13. The molecule has 3 N–H and O–H groups in total. The first kappa shape index (κ1) is 20.8. The molecule has 33 heavy (non-hydrogen) atoms. The summed E-state index contributed by atoms with van der Waals surface area (Å²) in [6.07, 6.45) is 0.129. The van der Waals surface area contributed by atoms with Gasteiger partial charge in [0.2, 0.25) is 5.91 Å². The number of carbonyl (C=O) groups is 3. The van der Waals surface area contributed by atoms with Gasteiger partial charge < -0.3 is 20.5 Å². The third kappa shape index (κ3) is 3.93. The molecule has 7 nitrogen and oxygen atoms in total. The monoisotopic (exact) mass is 442 g/mol. The van der Waals surface area contributed by atoms with Gasteiger partial charge in [0.1, 0.15) is 12.6 Å². The average molecular weight is 442 g/mol. The van der Waals surface area contributed by atoms with Crippen molar-refractivity contribution < 1.29 is 24.2 Å². The van der Waals surface area contributed by atoms with Crippen LogP contribution >= 0.6 is 0 Å². The summed E-state index contributed by atoms with van der Waals surface area (Å²) in [5.74, 6) is -1.45. The number of rotatable bonds is 4. The topological polar surface area (TPSA) is 105 Å². The molecule has 0 radical (unpaired) electrons. The smallest absolute Gasteiger partial charge is 0.407 e. The van der Waals surface area contributed by atoms with Gasteiger partial charge in [-0.1, -0.05) is 48.5 Å². The average Bonchev–Trinajstić information content (AvgIpc) is 3.05. The number of alkyl carbamates (subject to hydrolysis) is 1. The van der Waals surface area contributed by atoms with E-state index in [1.54, 1.807) is 12.1 Å². The summed E-state index contributed by atoms with van der Waals surface area (Å²) in [4.78, 5) is 36.4. The van der Waals surface area contributed by atoms with Gasteiger partial charge in [-0.25, -0.2) is 9.59 Å². The Morgan fingerprint density at radius 1 is 1.00 bits per heavy atom. The molecule has 1 aliphatic carbocycles. The molecule has 0 fully saturated rings. The summed E-state index contributed by atoms with van der Waals surface area (Å²) < 4.78 is 5.55. The second kappa shape index (κ2) is 8.43. The molecule has 1 atom stereocenters. The van der Waals surface area contributed by atoms with Crippen molar-refractivity contribution in [2.45, 2.75) is 24.8 Å². The van der Waals surface area contributed by atoms with Gasteiger partial charge in [-0.15, -0.1) is 0 Å². The lowest BCUT2D eigenvalue weighted by atomic mass is 9.98. The molecule has 0 aromatic heterocycles. The number of amides is 2. The first-order valence-electron chi connectivity index (χ1n) is 10.8. The molecule has 2 aliphatic rings. The molecule has 1 heterocycles. The summed E-state index contributed by atoms with van der Waals surface area (Å²) in [6.45, 7) is 0.163. The van der Waals surface area contributed by atoms with Crippen molar-refractivity contribution in [1.29, 1.82) is 0 Å². The number of hydrogen-bond acceptors (Lipinski definition) is 4. The number of ether oxygens (including phenoxy) is 1. The number of aryl methyl sites for hydroxylation is 1. The highest BCUT2D eigenvalue weighted by atomic mass is 16.5. The van der Waals surface area contributed by atoms with Crippen LogP contribution in [0.2, 0.25) is 0 Å². The van der Waals surface area contributed by atoms with Crippen LogP contribution in [0, 0.1) is 0 Å². The highest BCUT2D eigenvalue weighted by Gasteiger charge is 2.30. The molecule has 1 unspecified atom stereocenters. The lowest BCUT2D eigenvalue weighted by molar-refractivity contribution is -0.118. The minimum Gasteiger partial charge on any atom is -0.478 e. The third-order valence-electron chi connectivity index (χ3n) is 6.26. The van der Waals surface area contributed by atoms with Crippen LogP contribution in [0.5, 0.6) is 0 Å². The first-order valence-corrected chi connectivity index (χ1v) is 10.8. The van der Waals surface area contributed by atoms with Gasteiger partial charge in [-0.05, 0) is 58.9 Å². The standard InChI is InChI=1S/C26H22N2O5/c29-24-23(12-9-15-13-16(25(30)31)10-11-22(15)27-24)28-26(32)33-14-21-19-7-3-1-5-17(19)18-6-2-4-8-20(18)21/h1-8,10-11,13,21,23H,9,12,14H2,(H,27,29)(H,28,32)(H,30,31). The first-order chi connectivity index (χ1) is 16.0. The van der Waals surface area contributed by atoms with E-state index in [0.717, 1.165) is 27.8 Å². The number of carboxylic acids is 1. The van der Waals surface area contributed by atoms with E-state index in [4.69, 9.17) is 4.74 Å². The minimum atomic E-state index is -1.03. The summed E-state index contributed by atoms with van der Waals surface area (Å²) in [5.41, 5.74) is 5.95. The summed E-state index contributed by atoms with van der Waals surface area (Å²) in [6, 6.07) is 20.0.